The number of hydrogen-bond acceptors (Lipinski definition) is 4. The summed E-state index contributed by atoms with van der Waals surface area (Å²) >= 11 is 0. The Morgan fingerprint density at radius 2 is 1.89 bits per heavy atom. The van der Waals surface area contributed by atoms with Gasteiger partial charge in [0.15, 0.2) is 11.5 Å². The highest BCUT2D eigenvalue weighted by Gasteiger charge is 2.19. The van der Waals surface area contributed by atoms with Crippen LogP contribution < -0.4 is 15.2 Å². The topological polar surface area (TPSA) is 71.6 Å². The largest absolute Gasteiger partial charge is 0.493 e. The number of hydrogen-bond donors (Lipinski definition) is 2. The number of nitrogens with two attached hydrogens (primary N) is 1. The number of nitrogens with one attached hydrogen (secondary N) is 1. The maximum absolute atomic E-state index is 7.35. The normalized spacial score (nSPS) is 15.0. The molecule has 98 valence electrons. The summed E-state index contributed by atoms with van der Waals surface area (Å²) in [6.45, 7) is 2.24. The van der Waals surface area contributed by atoms with Crippen LogP contribution >= 0.6 is 0 Å². The molecule has 1 aromatic rings. The monoisotopic (exact) mass is 249 g/mol. The fourth-order valence-electron chi connectivity index (χ4n) is 2.32. The fraction of sp³-hybridized carbons (Fsp3) is 0.462. The summed E-state index contributed by atoms with van der Waals surface area (Å²) in [6, 6.07) is 4.06. The molecule has 3 N–H and O–H groups in total. The molecule has 0 unspecified atom stereocenters. The Morgan fingerprint density at radius 3 is 2.44 bits per heavy atom. The second-order valence-corrected chi connectivity index (χ2v) is 4.46. The van der Waals surface area contributed by atoms with Crippen molar-refractivity contribution < 1.29 is 9.47 Å². The van der Waals surface area contributed by atoms with Gasteiger partial charge in [-0.25, -0.2) is 0 Å². The van der Waals surface area contributed by atoms with Crippen molar-refractivity contribution in [2.75, 3.05) is 27.3 Å². The predicted octanol–water partition coefficient (Wildman–Crippen LogP) is 0.998. The van der Waals surface area contributed by atoms with Gasteiger partial charge in [0, 0.05) is 13.1 Å². The number of nitrogens with zero attached hydrogens (tertiary/aromatic N) is 1. The average Bonchev–Trinajstić information content (AvgIpc) is 2.36. The van der Waals surface area contributed by atoms with E-state index in [4.69, 9.17) is 20.6 Å². The van der Waals surface area contributed by atoms with E-state index in [1.54, 1.807) is 14.2 Å². The van der Waals surface area contributed by atoms with Gasteiger partial charge in [-0.15, -0.1) is 0 Å². The van der Waals surface area contributed by atoms with E-state index in [1.165, 1.54) is 11.1 Å². The highest BCUT2D eigenvalue weighted by molar-refractivity contribution is 5.79. The van der Waals surface area contributed by atoms with Crippen LogP contribution in [0.4, 0.5) is 0 Å². The van der Waals surface area contributed by atoms with Gasteiger partial charge in [0.05, 0.1) is 20.8 Å². The van der Waals surface area contributed by atoms with Crippen LogP contribution in [0.25, 0.3) is 0 Å². The molecule has 18 heavy (non-hydrogen) atoms. The number of fused-ring (bicyclic) bond motifs is 1. The quantitative estimate of drug-likeness (QED) is 0.617. The predicted molar refractivity (Wildman–Crippen MR) is 70.4 cm³/mol. The summed E-state index contributed by atoms with van der Waals surface area (Å²) < 4.78 is 10.6. The third-order valence-electron chi connectivity index (χ3n) is 3.19. The molecule has 1 heterocycles. The smallest absolute Gasteiger partial charge is 0.161 e. The van der Waals surface area contributed by atoms with Gasteiger partial charge < -0.3 is 15.2 Å². The van der Waals surface area contributed by atoms with Crippen LogP contribution in [-0.2, 0) is 13.0 Å². The second kappa shape index (κ2) is 5.27. The molecule has 0 atom stereocenters. The minimum absolute atomic E-state index is 0.207. The van der Waals surface area contributed by atoms with Crippen LogP contribution in [0, 0.1) is 5.41 Å². The van der Waals surface area contributed by atoms with E-state index in [9.17, 15) is 0 Å². The van der Waals surface area contributed by atoms with Gasteiger partial charge in [0.2, 0.25) is 0 Å². The van der Waals surface area contributed by atoms with Crippen molar-refractivity contribution in [2.45, 2.75) is 13.0 Å². The first-order valence-electron chi connectivity index (χ1n) is 5.93. The zero-order chi connectivity index (χ0) is 13.1. The summed E-state index contributed by atoms with van der Waals surface area (Å²) in [7, 11) is 3.29. The van der Waals surface area contributed by atoms with E-state index in [2.05, 4.69) is 4.90 Å². The van der Waals surface area contributed by atoms with E-state index >= 15 is 0 Å². The van der Waals surface area contributed by atoms with Crippen molar-refractivity contribution in [3.8, 4) is 11.5 Å². The summed E-state index contributed by atoms with van der Waals surface area (Å²) in [5.41, 5.74) is 7.95. The zero-order valence-electron chi connectivity index (χ0n) is 10.8. The zero-order valence-corrected chi connectivity index (χ0v) is 10.8. The summed E-state index contributed by atoms with van der Waals surface area (Å²) in [5, 5.41) is 7.35. The molecule has 1 aromatic carbocycles. The first kappa shape index (κ1) is 12.7. The average molecular weight is 249 g/mol. The van der Waals surface area contributed by atoms with Crippen LogP contribution in [-0.4, -0.2) is 38.0 Å². The molecule has 2 rings (SSSR count). The molecule has 0 spiro atoms. The van der Waals surface area contributed by atoms with Crippen LogP contribution in [0.5, 0.6) is 11.5 Å². The highest BCUT2D eigenvalue weighted by atomic mass is 16.5. The Hall–Kier alpha value is -1.75. The lowest BCUT2D eigenvalue weighted by molar-refractivity contribution is 0.286. The highest BCUT2D eigenvalue weighted by Crippen LogP contribution is 2.33. The van der Waals surface area contributed by atoms with Crippen molar-refractivity contribution in [3.63, 3.8) is 0 Å². The third-order valence-corrected chi connectivity index (χ3v) is 3.19. The number of methoxy groups -OCH3 is 2. The van der Waals surface area contributed by atoms with E-state index < -0.39 is 0 Å². The molecule has 0 radical (unpaired) electrons. The number of rotatable bonds is 4. The fourth-order valence-corrected chi connectivity index (χ4v) is 2.32. The van der Waals surface area contributed by atoms with Crippen molar-refractivity contribution in [2.24, 2.45) is 5.73 Å². The van der Waals surface area contributed by atoms with Gasteiger partial charge in [-0.1, -0.05) is 0 Å². The number of ether oxygens (including phenoxy) is 2. The standard InChI is InChI=1S/C13H19N3O2/c1-17-11-5-9-3-4-16(8-13(14)15)7-10(9)6-12(11)18-2/h5-6H,3-4,7-8H2,1-2H3,(H3,14,15). The Bertz CT molecular complexity index is 460. The summed E-state index contributed by atoms with van der Waals surface area (Å²) in [4.78, 5) is 2.16. The lowest BCUT2D eigenvalue weighted by Gasteiger charge is -2.28. The van der Waals surface area contributed by atoms with Crippen molar-refractivity contribution in [3.05, 3.63) is 23.3 Å². The third kappa shape index (κ3) is 2.56. The van der Waals surface area contributed by atoms with Gasteiger partial charge in [-0.2, -0.15) is 0 Å². The van der Waals surface area contributed by atoms with Gasteiger partial charge in [-0.05, 0) is 29.7 Å². The molecule has 0 amide bonds. The molecule has 0 aromatic heterocycles. The Labute approximate surface area is 107 Å². The molecular formula is C13H19N3O2. The minimum atomic E-state index is 0.207. The van der Waals surface area contributed by atoms with Gasteiger partial charge >= 0.3 is 0 Å². The van der Waals surface area contributed by atoms with Crippen LogP contribution in [0.3, 0.4) is 0 Å². The molecule has 0 saturated carbocycles. The number of amidine groups is 1. The van der Waals surface area contributed by atoms with Crippen molar-refractivity contribution >= 4 is 5.84 Å². The van der Waals surface area contributed by atoms with Crippen LogP contribution in [0.1, 0.15) is 11.1 Å². The number of benzene rings is 1. The first-order valence-corrected chi connectivity index (χ1v) is 5.93. The Morgan fingerprint density at radius 1 is 1.28 bits per heavy atom. The second-order valence-electron chi connectivity index (χ2n) is 4.46. The molecule has 1 aliphatic rings. The van der Waals surface area contributed by atoms with Crippen molar-refractivity contribution in [1.29, 1.82) is 5.41 Å². The summed E-state index contributed by atoms with van der Waals surface area (Å²) in [6.07, 6.45) is 0.947. The van der Waals surface area contributed by atoms with E-state index in [0.717, 1.165) is 31.0 Å². The van der Waals surface area contributed by atoms with E-state index in [-0.39, 0.29) is 5.84 Å². The molecule has 0 bridgehead atoms. The molecule has 0 aliphatic carbocycles. The maximum atomic E-state index is 7.35. The van der Waals surface area contributed by atoms with Crippen molar-refractivity contribution in [1.82, 2.24) is 4.90 Å². The molecule has 5 nitrogen and oxygen atoms in total. The summed E-state index contributed by atoms with van der Waals surface area (Å²) in [5.74, 6) is 1.73. The molecule has 5 heteroatoms. The lowest BCUT2D eigenvalue weighted by Crippen LogP contribution is -2.37. The van der Waals surface area contributed by atoms with Crippen LogP contribution in [0.2, 0.25) is 0 Å². The Kier molecular flexibility index (Phi) is 3.72. The molecule has 0 fully saturated rings. The molecule has 0 saturated heterocycles. The van der Waals surface area contributed by atoms with Gasteiger partial charge in [0.25, 0.3) is 0 Å². The Balaban J connectivity index is 2.24. The van der Waals surface area contributed by atoms with E-state index in [0.29, 0.717) is 6.54 Å². The van der Waals surface area contributed by atoms with Gasteiger partial charge in [0.1, 0.15) is 5.84 Å². The van der Waals surface area contributed by atoms with Crippen LogP contribution in [0.15, 0.2) is 12.1 Å². The lowest BCUT2D eigenvalue weighted by atomic mass is 9.99. The SMILES string of the molecule is COc1cc2c(cc1OC)CN(CC(=N)N)CC2. The maximum Gasteiger partial charge on any atom is 0.161 e. The minimum Gasteiger partial charge on any atom is -0.493 e. The molecule has 1 aliphatic heterocycles. The van der Waals surface area contributed by atoms with Gasteiger partial charge in [-0.3, -0.25) is 10.3 Å². The molecular weight excluding hydrogens is 230 g/mol. The van der Waals surface area contributed by atoms with E-state index in [1.807, 2.05) is 12.1 Å². The first-order chi connectivity index (χ1) is 8.63.